The summed E-state index contributed by atoms with van der Waals surface area (Å²) in [5.41, 5.74) is 8.40. The number of fused-ring (bicyclic) bond motifs is 1. The van der Waals surface area contributed by atoms with Crippen molar-refractivity contribution in [3.63, 3.8) is 0 Å². The Bertz CT molecular complexity index is 1590. The highest BCUT2D eigenvalue weighted by molar-refractivity contribution is 5.99. The minimum Gasteiger partial charge on any atom is -0.496 e. The molecule has 3 aliphatic rings. The fourth-order valence-electron chi connectivity index (χ4n) is 7.35. The van der Waals surface area contributed by atoms with Crippen LogP contribution < -0.4 is 20.5 Å². The third-order valence-corrected chi connectivity index (χ3v) is 9.79. The van der Waals surface area contributed by atoms with Gasteiger partial charge in [-0.3, -0.25) is 14.5 Å². The minimum absolute atomic E-state index is 0.0636. The van der Waals surface area contributed by atoms with Gasteiger partial charge in [-0.2, -0.15) is 0 Å². The van der Waals surface area contributed by atoms with Crippen LogP contribution in [0.3, 0.4) is 0 Å². The highest BCUT2D eigenvalue weighted by Crippen LogP contribution is 2.40. The Morgan fingerprint density at radius 1 is 1.02 bits per heavy atom. The van der Waals surface area contributed by atoms with E-state index in [9.17, 15) is 9.59 Å². The zero-order chi connectivity index (χ0) is 31.5. The summed E-state index contributed by atoms with van der Waals surface area (Å²) in [6.45, 7) is 11.9. The van der Waals surface area contributed by atoms with E-state index in [-0.39, 0.29) is 18.0 Å². The Morgan fingerprint density at radius 2 is 1.78 bits per heavy atom. The van der Waals surface area contributed by atoms with Crippen LogP contribution in [0.5, 0.6) is 5.75 Å². The fourth-order valence-corrected chi connectivity index (χ4v) is 7.35. The van der Waals surface area contributed by atoms with E-state index in [0.29, 0.717) is 34.7 Å². The van der Waals surface area contributed by atoms with Crippen LogP contribution in [-0.2, 0) is 22.4 Å². The Balaban J connectivity index is 1.38. The number of ether oxygens (including phenoxy) is 3. The number of anilines is 1. The summed E-state index contributed by atoms with van der Waals surface area (Å²) in [6, 6.07) is 13.6. The lowest BCUT2D eigenvalue weighted by atomic mass is 9.93. The van der Waals surface area contributed by atoms with Gasteiger partial charge in [0.2, 0.25) is 0 Å². The molecule has 1 aromatic heterocycles. The molecule has 0 bridgehead atoms. The van der Waals surface area contributed by atoms with Crippen molar-refractivity contribution in [2.75, 3.05) is 58.1 Å². The number of amides is 1. The number of H-pyrrole nitrogens is 1. The number of rotatable bonds is 9. The first-order chi connectivity index (χ1) is 21.9. The molecule has 1 unspecified atom stereocenters. The second kappa shape index (κ2) is 13.8. The molecular weight excluding hydrogens is 568 g/mol. The highest BCUT2D eigenvalue weighted by atomic mass is 16.5. The molecule has 0 spiro atoms. The van der Waals surface area contributed by atoms with E-state index >= 15 is 0 Å². The van der Waals surface area contributed by atoms with Crippen molar-refractivity contribution < 1.29 is 19.0 Å². The Kier molecular flexibility index (Phi) is 9.58. The number of pyridine rings is 1. The summed E-state index contributed by atoms with van der Waals surface area (Å²) in [5.74, 6) is 0.250. The molecule has 2 saturated heterocycles. The predicted molar refractivity (Wildman–Crippen MR) is 176 cm³/mol. The molecule has 2 aliphatic heterocycles. The number of nitrogens with one attached hydrogen (secondary N) is 2. The SMILES string of the molecule is CCN(c1cc(-c2ccc3c(c2)C(N2CCOCC2)CC3)cc(C(=O)NCc2c(OC)cc(C)[nH]c2=O)c1C)C1CCOCC1. The molecule has 1 atom stereocenters. The van der Waals surface area contributed by atoms with Crippen molar-refractivity contribution in [2.24, 2.45) is 0 Å². The summed E-state index contributed by atoms with van der Waals surface area (Å²) in [5, 5.41) is 3.03. The third kappa shape index (κ3) is 6.52. The number of hydrogen-bond acceptors (Lipinski definition) is 7. The van der Waals surface area contributed by atoms with E-state index in [1.807, 2.05) is 19.9 Å². The number of aryl methyl sites for hydroxylation is 2. The van der Waals surface area contributed by atoms with E-state index in [4.69, 9.17) is 14.2 Å². The van der Waals surface area contributed by atoms with Crippen molar-refractivity contribution in [1.29, 1.82) is 0 Å². The predicted octanol–water partition coefficient (Wildman–Crippen LogP) is 4.92. The molecule has 0 saturated carbocycles. The van der Waals surface area contributed by atoms with Crippen molar-refractivity contribution in [3.05, 3.63) is 80.3 Å². The average molecular weight is 615 g/mol. The monoisotopic (exact) mass is 614 g/mol. The third-order valence-electron chi connectivity index (χ3n) is 9.79. The molecule has 0 radical (unpaired) electrons. The number of carbonyl (C=O) groups is 1. The van der Waals surface area contributed by atoms with Crippen LogP contribution in [0, 0.1) is 13.8 Å². The molecule has 6 rings (SSSR count). The molecule has 1 amide bonds. The van der Waals surface area contributed by atoms with Crippen molar-refractivity contribution in [3.8, 4) is 16.9 Å². The first-order valence-corrected chi connectivity index (χ1v) is 16.4. The van der Waals surface area contributed by atoms with Gasteiger partial charge in [-0.15, -0.1) is 0 Å². The Morgan fingerprint density at radius 3 is 2.51 bits per heavy atom. The van der Waals surface area contributed by atoms with Gasteiger partial charge in [0.25, 0.3) is 11.5 Å². The number of aromatic nitrogens is 1. The van der Waals surface area contributed by atoms with Gasteiger partial charge in [-0.05, 0) is 98.5 Å². The van der Waals surface area contributed by atoms with Crippen molar-refractivity contribution in [2.45, 2.75) is 65.1 Å². The van der Waals surface area contributed by atoms with Crippen LogP contribution in [0.25, 0.3) is 11.1 Å². The summed E-state index contributed by atoms with van der Waals surface area (Å²) < 4.78 is 16.8. The average Bonchev–Trinajstić information content (AvgIpc) is 3.49. The number of methoxy groups -OCH3 is 1. The van der Waals surface area contributed by atoms with Gasteiger partial charge in [-0.1, -0.05) is 12.1 Å². The maximum absolute atomic E-state index is 14.0. The summed E-state index contributed by atoms with van der Waals surface area (Å²) in [6.07, 6.45) is 4.12. The molecule has 2 fully saturated rings. The number of hydrogen-bond donors (Lipinski definition) is 2. The second-order valence-electron chi connectivity index (χ2n) is 12.4. The van der Waals surface area contributed by atoms with Gasteiger partial charge >= 0.3 is 0 Å². The second-order valence-corrected chi connectivity index (χ2v) is 12.4. The van der Waals surface area contributed by atoms with Gasteiger partial charge in [0.05, 0.1) is 32.4 Å². The van der Waals surface area contributed by atoms with Crippen LogP contribution in [0.4, 0.5) is 5.69 Å². The standard InChI is InChI=1S/C36H46N4O5/c1-5-40(28-10-14-44-15-11-28)33-21-27(26-7-6-25-8-9-32(30(25)19-26)39-12-16-45-17-13-39)20-29(24(33)3)35(41)37-22-31-34(43-4)18-23(2)38-36(31)42/h6-7,18-21,28,32H,5,8-17,22H2,1-4H3,(H,37,41)(H,38,42). The maximum atomic E-state index is 14.0. The lowest BCUT2D eigenvalue weighted by Gasteiger charge is -2.37. The fraction of sp³-hybridized carbons (Fsp3) is 0.500. The van der Waals surface area contributed by atoms with Gasteiger partial charge in [0.1, 0.15) is 5.75 Å². The largest absolute Gasteiger partial charge is 0.496 e. The van der Waals surface area contributed by atoms with Crippen LogP contribution in [0.2, 0.25) is 0 Å². The Hall–Kier alpha value is -3.66. The first kappa shape index (κ1) is 31.3. The van der Waals surface area contributed by atoms with E-state index in [1.54, 1.807) is 6.07 Å². The minimum atomic E-state index is -0.261. The van der Waals surface area contributed by atoms with Gasteiger partial charge in [0, 0.05) is 61.9 Å². The smallest absolute Gasteiger partial charge is 0.256 e. The summed E-state index contributed by atoms with van der Waals surface area (Å²) >= 11 is 0. The zero-order valence-corrected chi connectivity index (χ0v) is 27.0. The molecule has 45 heavy (non-hydrogen) atoms. The van der Waals surface area contributed by atoms with Crippen molar-refractivity contribution >= 4 is 11.6 Å². The number of nitrogens with zero attached hydrogens (tertiary/aromatic N) is 2. The molecule has 3 aromatic rings. The number of aromatic amines is 1. The van der Waals surface area contributed by atoms with Gasteiger partial charge in [0.15, 0.2) is 0 Å². The normalized spacial score (nSPS) is 18.9. The van der Waals surface area contributed by atoms with Gasteiger partial charge in [-0.25, -0.2) is 0 Å². The Labute approximate surface area is 265 Å². The van der Waals surface area contributed by atoms with E-state index in [1.165, 1.54) is 18.2 Å². The molecule has 1 aliphatic carbocycles. The number of morpholine rings is 1. The number of benzene rings is 2. The summed E-state index contributed by atoms with van der Waals surface area (Å²) in [4.78, 5) is 34.5. The lowest BCUT2D eigenvalue weighted by molar-refractivity contribution is 0.0164. The quantitative estimate of drug-likeness (QED) is 0.353. The molecule has 9 nitrogen and oxygen atoms in total. The highest BCUT2D eigenvalue weighted by Gasteiger charge is 2.30. The van der Waals surface area contributed by atoms with Crippen LogP contribution in [0.1, 0.15) is 70.5 Å². The molecule has 2 aromatic carbocycles. The number of carbonyl (C=O) groups excluding carboxylic acids is 1. The summed E-state index contributed by atoms with van der Waals surface area (Å²) in [7, 11) is 1.54. The molecule has 240 valence electrons. The van der Waals surface area contributed by atoms with Crippen LogP contribution >= 0.6 is 0 Å². The molecule has 3 heterocycles. The van der Waals surface area contributed by atoms with E-state index in [2.05, 4.69) is 51.3 Å². The van der Waals surface area contributed by atoms with Gasteiger partial charge < -0.3 is 29.4 Å². The van der Waals surface area contributed by atoms with E-state index in [0.717, 1.165) is 94.1 Å². The van der Waals surface area contributed by atoms with Crippen LogP contribution in [0.15, 0.2) is 41.2 Å². The maximum Gasteiger partial charge on any atom is 0.256 e. The topological polar surface area (TPSA) is 96.1 Å². The lowest BCUT2D eigenvalue weighted by Crippen LogP contribution is -2.40. The first-order valence-electron chi connectivity index (χ1n) is 16.4. The van der Waals surface area contributed by atoms with Crippen molar-refractivity contribution in [1.82, 2.24) is 15.2 Å². The van der Waals surface area contributed by atoms with E-state index < -0.39 is 0 Å². The van der Waals surface area contributed by atoms with Crippen LogP contribution in [-0.4, -0.2) is 75.0 Å². The zero-order valence-electron chi connectivity index (χ0n) is 27.0. The molecular formula is C36H46N4O5. The molecule has 9 heteroatoms. The molecule has 2 N–H and O–H groups in total.